The van der Waals surface area contributed by atoms with Crippen molar-refractivity contribution in [2.75, 3.05) is 13.7 Å². The van der Waals surface area contributed by atoms with E-state index in [-0.39, 0.29) is 11.5 Å². The van der Waals surface area contributed by atoms with Crippen molar-refractivity contribution in [3.05, 3.63) is 10.1 Å². The molecule has 5 nitrogen and oxygen atoms in total. The summed E-state index contributed by atoms with van der Waals surface area (Å²) in [5, 5.41) is 10.1. The minimum Gasteiger partial charge on any atom is -0.305 e. The Bertz CT molecular complexity index is 107. The van der Waals surface area contributed by atoms with Gasteiger partial charge in [0, 0.05) is 11.3 Å². The number of nitrogens with zero attached hydrogens (tertiary/aromatic N) is 1. The number of hydroxylamine groups is 1. The van der Waals surface area contributed by atoms with Crippen LogP contribution in [0.1, 0.15) is 13.3 Å². The van der Waals surface area contributed by atoms with Crippen molar-refractivity contribution in [2.24, 2.45) is 0 Å². The van der Waals surface area contributed by atoms with Gasteiger partial charge in [0.2, 0.25) is 6.04 Å². The summed E-state index contributed by atoms with van der Waals surface area (Å²) < 4.78 is 0. The zero-order valence-electron chi connectivity index (χ0n) is 6.16. The number of nitro groups is 1. The summed E-state index contributed by atoms with van der Waals surface area (Å²) in [6.45, 7) is 2.03. The molecule has 0 aromatic heterocycles. The molecule has 0 heterocycles. The Morgan fingerprint density at radius 1 is 1.80 bits per heavy atom. The number of rotatable bonds is 5. The third kappa shape index (κ3) is 3.37. The maximum Gasteiger partial charge on any atom is 0.227 e. The molecule has 0 bridgehead atoms. The minimum atomic E-state index is -0.542. The predicted molar refractivity (Wildman–Crippen MR) is 36.1 cm³/mol. The molecule has 0 radical (unpaired) electrons. The third-order valence-corrected chi connectivity index (χ3v) is 1.23. The van der Waals surface area contributed by atoms with Crippen molar-refractivity contribution < 1.29 is 9.76 Å². The maximum atomic E-state index is 10.1. The third-order valence-electron chi connectivity index (χ3n) is 1.23. The van der Waals surface area contributed by atoms with Crippen molar-refractivity contribution in [3.8, 4) is 0 Å². The SMILES string of the molecule is CCC(CNOC)[N+](=O)[O-]. The Morgan fingerprint density at radius 3 is 2.70 bits per heavy atom. The minimum absolute atomic E-state index is 0.264. The van der Waals surface area contributed by atoms with Crippen LogP contribution in [0.25, 0.3) is 0 Å². The molecule has 0 aromatic rings. The van der Waals surface area contributed by atoms with E-state index in [1.807, 2.05) is 0 Å². The lowest BCUT2D eigenvalue weighted by Gasteiger charge is -2.05. The number of hydrogen-bond donors (Lipinski definition) is 1. The van der Waals surface area contributed by atoms with Crippen LogP contribution >= 0.6 is 0 Å². The van der Waals surface area contributed by atoms with E-state index in [1.54, 1.807) is 6.92 Å². The summed E-state index contributed by atoms with van der Waals surface area (Å²) in [5.41, 5.74) is 2.44. The Hall–Kier alpha value is -0.680. The maximum absolute atomic E-state index is 10.1. The van der Waals surface area contributed by atoms with Crippen LogP contribution in [0, 0.1) is 10.1 Å². The molecule has 0 aliphatic rings. The van der Waals surface area contributed by atoms with Gasteiger partial charge in [0.15, 0.2) is 0 Å². The van der Waals surface area contributed by atoms with E-state index in [0.29, 0.717) is 6.42 Å². The van der Waals surface area contributed by atoms with Crippen LogP contribution in [0.15, 0.2) is 0 Å². The lowest BCUT2D eigenvalue weighted by atomic mass is 10.2. The first-order valence-corrected chi connectivity index (χ1v) is 3.11. The lowest BCUT2D eigenvalue weighted by molar-refractivity contribution is -0.522. The van der Waals surface area contributed by atoms with Crippen molar-refractivity contribution in [1.82, 2.24) is 5.48 Å². The molecule has 0 fully saturated rings. The molecule has 1 N–H and O–H groups in total. The van der Waals surface area contributed by atoms with Crippen LogP contribution in [0.4, 0.5) is 0 Å². The largest absolute Gasteiger partial charge is 0.305 e. The summed E-state index contributed by atoms with van der Waals surface area (Å²) in [6, 6.07) is -0.542. The van der Waals surface area contributed by atoms with Crippen LogP contribution in [0.2, 0.25) is 0 Å². The standard InChI is InChI=1S/C5H12N2O3/c1-3-5(7(8)9)4-6-10-2/h5-6H,3-4H2,1-2H3. The first-order chi connectivity index (χ1) is 4.72. The van der Waals surface area contributed by atoms with Crippen LogP contribution < -0.4 is 5.48 Å². The van der Waals surface area contributed by atoms with Gasteiger partial charge in [0.05, 0.1) is 13.7 Å². The molecule has 1 unspecified atom stereocenters. The van der Waals surface area contributed by atoms with E-state index in [2.05, 4.69) is 10.3 Å². The van der Waals surface area contributed by atoms with Gasteiger partial charge in [0.25, 0.3) is 0 Å². The molecule has 0 saturated heterocycles. The average molecular weight is 148 g/mol. The van der Waals surface area contributed by atoms with E-state index in [4.69, 9.17) is 0 Å². The second-order valence-corrected chi connectivity index (χ2v) is 1.90. The van der Waals surface area contributed by atoms with Crippen molar-refractivity contribution in [3.63, 3.8) is 0 Å². The zero-order chi connectivity index (χ0) is 7.98. The van der Waals surface area contributed by atoms with Crippen molar-refractivity contribution in [2.45, 2.75) is 19.4 Å². The Kier molecular flexibility index (Phi) is 4.78. The van der Waals surface area contributed by atoms with Gasteiger partial charge in [-0.3, -0.25) is 10.1 Å². The monoisotopic (exact) mass is 148 g/mol. The quantitative estimate of drug-likeness (QED) is 0.446. The topological polar surface area (TPSA) is 64.4 Å². The fourth-order valence-electron chi connectivity index (χ4n) is 0.547. The van der Waals surface area contributed by atoms with Crippen molar-refractivity contribution in [1.29, 1.82) is 0 Å². The highest BCUT2D eigenvalue weighted by atomic mass is 16.6. The molecule has 10 heavy (non-hydrogen) atoms. The zero-order valence-corrected chi connectivity index (χ0v) is 6.16. The molecular weight excluding hydrogens is 136 g/mol. The number of nitrogens with one attached hydrogen (secondary N) is 1. The fourth-order valence-corrected chi connectivity index (χ4v) is 0.547. The van der Waals surface area contributed by atoms with Gasteiger partial charge in [-0.25, -0.2) is 0 Å². The van der Waals surface area contributed by atoms with Crippen LogP contribution in [-0.4, -0.2) is 24.6 Å². The highest BCUT2D eigenvalue weighted by Gasteiger charge is 2.15. The Labute approximate surface area is 59.5 Å². The Balaban J connectivity index is 3.50. The highest BCUT2D eigenvalue weighted by Crippen LogP contribution is 1.92. The van der Waals surface area contributed by atoms with E-state index in [0.717, 1.165) is 0 Å². The van der Waals surface area contributed by atoms with Gasteiger partial charge in [-0.15, -0.1) is 0 Å². The van der Waals surface area contributed by atoms with E-state index >= 15 is 0 Å². The van der Waals surface area contributed by atoms with E-state index in [9.17, 15) is 10.1 Å². The van der Waals surface area contributed by atoms with Crippen LogP contribution in [0.3, 0.4) is 0 Å². The molecule has 0 rings (SSSR count). The predicted octanol–water partition coefficient (Wildman–Crippen LogP) is 0.193. The van der Waals surface area contributed by atoms with Gasteiger partial charge in [0.1, 0.15) is 0 Å². The molecule has 60 valence electrons. The lowest BCUT2D eigenvalue weighted by Crippen LogP contribution is -2.31. The molecule has 0 saturated carbocycles. The van der Waals surface area contributed by atoms with E-state index in [1.165, 1.54) is 7.11 Å². The first kappa shape index (κ1) is 9.32. The summed E-state index contributed by atoms with van der Waals surface area (Å²) >= 11 is 0. The molecule has 5 heteroatoms. The normalized spacial score (nSPS) is 13.0. The molecule has 0 amide bonds. The summed E-state index contributed by atoms with van der Waals surface area (Å²) in [6.07, 6.45) is 0.517. The first-order valence-electron chi connectivity index (χ1n) is 3.11. The molecule has 0 aliphatic heterocycles. The van der Waals surface area contributed by atoms with Crippen molar-refractivity contribution >= 4 is 0 Å². The van der Waals surface area contributed by atoms with Gasteiger partial charge in [-0.2, -0.15) is 5.48 Å². The van der Waals surface area contributed by atoms with Gasteiger partial charge in [-0.05, 0) is 0 Å². The molecular formula is C5H12N2O3. The molecule has 0 aromatic carbocycles. The summed E-state index contributed by atoms with van der Waals surface area (Å²) in [7, 11) is 1.44. The van der Waals surface area contributed by atoms with Crippen LogP contribution in [0.5, 0.6) is 0 Å². The smallest absolute Gasteiger partial charge is 0.227 e. The van der Waals surface area contributed by atoms with Gasteiger partial charge >= 0.3 is 0 Å². The number of hydrogen-bond acceptors (Lipinski definition) is 4. The van der Waals surface area contributed by atoms with Gasteiger partial charge < -0.3 is 4.84 Å². The summed E-state index contributed by atoms with van der Waals surface area (Å²) in [4.78, 5) is 14.3. The molecule has 0 aliphatic carbocycles. The van der Waals surface area contributed by atoms with E-state index < -0.39 is 6.04 Å². The second kappa shape index (κ2) is 5.13. The van der Waals surface area contributed by atoms with Gasteiger partial charge in [-0.1, -0.05) is 6.92 Å². The highest BCUT2D eigenvalue weighted by molar-refractivity contribution is 4.52. The average Bonchev–Trinajstić information content (AvgIpc) is 1.89. The fraction of sp³-hybridized carbons (Fsp3) is 1.00. The summed E-state index contributed by atoms with van der Waals surface area (Å²) in [5.74, 6) is 0. The molecule has 0 spiro atoms. The second-order valence-electron chi connectivity index (χ2n) is 1.90. The molecule has 1 atom stereocenters. The Morgan fingerprint density at radius 2 is 2.40 bits per heavy atom. The van der Waals surface area contributed by atoms with Crippen LogP contribution in [-0.2, 0) is 4.84 Å².